The number of nitrogens with one attached hydrogen (secondary N) is 1. The Morgan fingerprint density at radius 3 is 2.43 bits per heavy atom. The molecule has 1 fully saturated rings. The molecule has 4 rings (SSSR count). The van der Waals surface area contributed by atoms with Gasteiger partial charge in [0.2, 0.25) is 5.91 Å². The smallest absolute Gasteiger partial charge is 0.273 e. The predicted molar refractivity (Wildman–Crippen MR) is 144 cm³/mol. The number of carbonyl (C=O) groups is 3. The number of amides is 3. The first-order valence-electron chi connectivity index (χ1n) is 12.2. The van der Waals surface area contributed by atoms with Crippen LogP contribution in [0, 0.1) is 6.92 Å². The van der Waals surface area contributed by atoms with Gasteiger partial charge < -0.3 is 21.5 Å². The Bertz CT molecular complexity index is 1270. The molecule has 2 heterocycles. The van der Waals surface area contributed by atoms with Crippen LogP contribution in [-0.2, 0) is 16.0 Å². The minimum atomic E-state index is -1.01. The van der Waals surface area contributed by atoms with Gasteiger partial charge >= 0.3 is 0 Å². The number of carbonyl (C=O) groups excluding carboxylic acids is 3. The van der Waals surface area contributed by atoms with Crippen LogP contribution in [0.4, 0.5) is 11.4 Å². The Morgan fingerprint density at radius 1 is 1.16 bits per heavy atom. The minimum absolute atomic E-state index is 0.0393. The van der Waals surface area contributed by atoms with Crippen LogP contribution in [0.1, 0.15) is 62.7 Å². The van der Waals surface area contributed by atoms with E-state index in [2.05, 4.69) is 9.69 Å². The highest BCUT2D eigenvalue weighted by atomic mass is 32.1. The van der Waals surface area contributed by atoms with Crippen molar-refractivity contribution < 1.29 is 19.1 Å². The molecular formula is C27H31N5O4S. The van der Waals surface area contributed by atoms with E-state index < -0.39 is 17.9 Å². The maximum atomic E-state index is 14.1. The van der Waals surface area contributed by atoms with Crippen molar-refractivity contribution in [1.29, 1.82) is 0 Å². The summed E-state index contributed by atoms with van der Waals surface area (Å²) in [5.41, 5.74) is 14.5. The van der Waals surface area contributed by atoms with Gasteiger partial charge in [-0.3, -0.25) is 19.3 Å². The van der Waals surface area contributed by atoms with E-state index in [0.717, 1.165) is 41.9 Å². The lowest BCUT2D eigenvalue weighted by Crippen LogP contribution is -2.45. The largest absolute Gasteiger partial charge is 0.395 e. The van der Waals surface area contributed by atoms with Crippen LogP contribution in [-0.4, -0.2) is 41.4 Å². The second-order valence-electron chi connectivity index (χ2n) is 9.03. The maximum Gasteiger partial charge on any atom is 0.273 e. The van der Waals surface area contributed by atoms with Gasteiger partial charge in [-0.25, -0.2) is 0 Å². The minimum Gasteiger partial charge on any atom is -0.395 e. The summed E-state index contributed by atoms with van der Waals surface area (Å²) in [6.07, 6.45) is 2.57. The number of nitrogens with two attached hydrogens (primary N) is 2. The number of nitrogens with zero attached hydrogens (tertiary/aromatic N) is 2. The monoisotopic (exact) mass is 521 g/mol. The van der Waals surface area contributed by atoms with E-state index in [1.807, 2.05) is 50.2 Å². The van der Waals surface area contributed by atoms with Gasteiger partial charge in [-0.15, -0.1) is 0 Å². The number of nitrogen functional groups attached to an aromatic ring is 1. The molecule has 1 aliphatic heterocycles. The molecule has 37 heavy (non-hydrogen) atoms. The Hall–Kier alpha value is -3.76. The van der Waals surface area contributed by atoms with Crippen molar-refractivity contribution in [3.63, 3.8) is 0 Å². The van der Waals surface area contributed by atoms with Crippen LogP contribution >= 0.6 is 11.5 Å². The average molecular weight is 522 g/mol. The summed E-state index contributed by atoms with van der Waals surface area (Å²) >= 11 is 0.785. The average Bonchev–Trinajstić information content (AvgIpc) is 3.56. The molecule has 1 aromatic heterocycles. The number of hydrogen-bond donors (Lipinski definition) is 3. The zero-order valence-corrected chi connectivity index (χ0v) is 21.7. The van der Waals surface area contributed by atoms with E-state index in [0.29, 0.717) is 24.4 Å². The topological polar surface area (TPSA) is 141 Å². The fourth-order valence-corrected chi connectivity index (χ4v) is 5.04. The first kappa shape index (κ1) is 26.3. The van der Waals surface area contributed by atoms with Gasteiger partial charge in [0.25, 0.3) is 11.8 Å². The van der Waals surface area contributed by atoms with Crippen LogP contribution in [0.5, 0.6) is 0 Å². The van der Waals surface area contributed by atoms with Gasteiger partial charge in [-0.05, 0) is 61.0 Å². The van der Waals surface area contributed by atoms with Gasteiger partial charge in [-0.2, -0.15) is 4.37 Å². The fourth-order valence-electron chi connectivity index (χ4n) is 4.30. The van der Waals surface area contributed by atoms with E-state index in [4.69, 9.17) is 16.2 Å². The zero-order chi connectivity index (χ0) is 26.5. The standard InChI is InChI=1S/C27H31N5O4S/c1-3-17-8-12-19(13-9-17)32(27(35)24-21(28)22(25(29)33)31-37-24)23(18-10-6-16(2)7-11-18)26(34)30-15-20-5-4-14-36-20/h6-13,20,23H,3-5,14-15,28H2,1-2H3,(H2,29,33)(H,30,34)/t20-,23-/m0/s1. The molecule has 10 heteroatoms. The molecule has 0 aliphatic carbocycles. The number of anilines is 2. The van der Waals surface area contributed by atoms with Crippen LogP contribution in [0.15, 0.2) is 48.5 Å². The lowest BCUT2D eigenvalue weighted by molar-refractivity contribution is -0.123. The summed E-state index contributed by atoms with van der Waals surface area (Å²) in [5.74, 6) is -1.73. The molecule has 3 aromatic rings. The fraction of sp³-hybridized carbons (Fsp3) is 0.333. The summed E-state index contributed by atoms with van der Waals surface area (Å²) in [6.45, 7) is 5.00. The molecule has 1 saturated heterocycles. The molecule has 0 bridgehead atoms. The van der Waals surface area contributed by atoms with Crippen molar-refractivity contribution in [2.75, 3.05) is 23.8 Å². The van der Waals surface area contributed by atoms with Crippen molar-refractivity contribution in [2.24, 2.45) is 5.73 Å². The molecule has 0 radical (unpaired) electrons. The number of ether oxygens (including phenoxy) is 1. The summed E-state index contributed by atoms with van der Waals surface area (Å²) in [6, 6.07) is 13.9. The highest BCUT2D eigenvalue weighted by Gasteiger charge is 2.36. The number of rotatable bonds is 9. The first-order valence-corrected chi connectivity index (χ1v) is 13.0. The number of hydrogen-bond acceptors (Lipinski definition) is 7. The van der Waals surface area contributed by atoms with Gasteiger partial charge in [0, 0.05) is 18.8 Å². The molecule has 9 nitrogen and oxygen atoms in total. The molecule has 2 aromatic carbocycles. The quantitative estimate of drug-likeness (QED) is 0.394. The zero-order valence-electron chi connectivity index (χ0n) is 20.9. The summed E-state index contributed by atoms with van der Waals surface area (Å²) in [5, 5.41) is 2.98. The maximum absolute atomic E-state index is 14.1. The Kier molecular flexibility index (Phi) is 8.20. The summed E-state index contributed by atoms with van der Waals surface area (Å²) in [4.78, 5) is 41.0. The van der Waals surface area contributed by atoms with Gasteiger partial charge in [0.05, 0.1) is 11.8 Å². The molecular weight excluding hydrogens is 490 g/mol. The second-order valence-corrected chi connectivity index (χ2v) is 9.80. The van der Waals surface area contributed by atoms with Crippen LogP contribution < -0.4 is 21.7 Å². The first-order chi connectivity index (χ1) is 17.8. The lowest BCUT2D eigenvalue weighted by atomic mass is 10.0. The van der Waals surface area contributed by atoms with Crippen molar-refractivity contribution in [1.82, 2.24) is 9.69 Å². The lowest BCUT2D eigenvalue weighted by Gasteiger charge is -2.31. The van der Waals surface area contributed by atoms with Crippen LogP contribution in [0.2, 0.25) is 0 Å². The molecule has 0 spiro atoms. The number of benzene rings is 2. The number of primary amides is 1. The van der Waals surface area contributed by atoms with Gasteiger partial charge in [0.15, 0.2) is 5.69 Å². The third kappa shape index (κ3) is 5.81. The summed E-state index contributed by atoms with van der Waals surface area (Å²) in [7, 11) is 0. The van der Waals surface area contributed by atoms with E-state index in [9.17, 15) is 14.4 Å². The SMILES string of the molecule is CCc1ccc(N(C(=O)c2snc(C(N)=O)c2N)[C@H](C(=O)NC[C@@H]2CCCO2)c2ccc(C)cc2)cc1. The van der Waals surface area contributed by atoms with E-state index >= 15 is 0 Å². The van der Waals surface area contributed by atoms with Crippen molar-refractivity contribution in [3.05, 3.63) is 75.8 Å². The summed E-state index contributed by atoms with van der Waals surface area (Å²) < 4.78 is 9.67. The van der Waals surface area contributed by atoms with Gasteiger partial charge in [0.1, 0.15) is 10.9 Å². The van der Waals surface area contributed by atoms with E-state index in [-0.39, 0.29) is 28.3 Å². The second kappa shape index (κ2) is 11.5. The molecule has 1 aliphatic rings. The number of aromatic nitrogens is 1. The van der Waals surface area contributed by atoms with Gasteiger partial charge in [-0.1, -0.05) is 48.9 Å². The van der Waals surface area contributed by atoms with Crippen molar-refractivity contribution >= 4 is 40.6 Å². The molecule has 0 unspecified atom stereocenters. The molecule has 0 saturated carbocycles. The van der Waals surface area contributed by atoms with Crippen molar-refractivity contribution in [2.45, 2.75) is 45.3 Å². The Labute approximate surface area is 220 Å². The molecule has 5 N–H and O–H groups in total. The Balaban J connectivity index is 1.80. The van der Waals surface area contributed by atoms with Crippen LogP contribution in [0.3, 0.4) is 0 Å². The van der Waals surface area contributed by atoms with Crippen LogP contribution in [0.25, 0.3) is 0 Å². The highest BCUT2D eigenvalue weighted by Crippen LogP contribution is 2.33. The third-order valence-corrected chi connectivity index (χ3v) is 7.28. The Morgan fingerprint density at radius 2 is 1.86 bits per heavy atom. The molecule has 2 atom stereocenters. The number of aryl methyl sites for hydroxylation is 2. The predicted octanol–water partition coefficient (Wildman–Crippen LogP) is 3.38. The molecule has 3 amide bonds. The van der Waals surface area contributed by atoms with E-state index in [1.54, 1.807) is 12.1 Å². The highest BCUT2D eigenvalue weighted by molar-refractivity contribution is 7.09. The molecule has 194 valence electrons. The third-order valence-electron chi connectivity index (χ3n) is 6.42. The van der Waals surface area contributed by atoms with E-state index in [1.165, 1.54) is 4.90 Å². The van der Waals surface area contributed by atoms with Crippen molar-refractivity contribution in [3.8, 4) is 0 Å². The normalized spacial score (nSPS) is 15.8.